The van der Waals surface area contributed by atoms with Crippen LogP contribution in [0.3, 0.4) is 0 Å². The van der Waals surface area contributed by atoms with Crippen molar-refractivity contribution in [1.82, 2.24) is 10.6 Å². The summed E-state index contributed by atoms with van der Waals surface area (Å²) < 4.78 is 0. The van der Waals surface area contributed by atoms with Crippen LogP contribution in [0.1, 0.15) is 25.8 Å². The molecular formula is C21H23N3OS. The molecular weight excluding hydrogens is 342 g/mol. The van der Waals surface area contributed by atoms with Gasteiger partial charge in [-0.25, -0.2) is 0 Å². The number of benzene rings is 2. The molecule has 1 atom stereocenters. The molecule has 0 bridgehead atoms. The Labute approximate surface area is 159 Å². The number of nitrogens with one attached hydrogen (secondary N) is 3. The normalized spacial score (nSPS) is 16.9. The summed E-state index contributed by atoms with van der Waals surface area (Å²) in [6, 6.07) is 19.2. The van der Waals surface area contributed by atoms with Crippen molar-refractivity contribution in [2.75, 3.05) is 5.32 Å². The molecule has 0 fully saturated rings. The molecule has 1 heterocycles. The zero-order chi connectivity index (χ0) is 18.5. The summed E-state index contributed by atoms with van der Waals surface area (Å²) in [5, 5.41) is 10.0. The third-order valence-corrected chi connectivity index (χ3v) is 4.43. The Bertz CT molecular complexity index is 816. The Hall–Kier alpha value is -2.66. The summed E-state index contributed by atoms with van der Waals surface area (Å²) in [4.78, 5) is 13.2. The standard InChI is InChI=1S/C21H23N3OS/c1-14(2)13-17-18(20(25)22-16-11-7-4-8-12-16)19(24-21(26)23-17)15-9-5-3-6-10-15/h3-12,14,17H,13H2,1-2H3,(H,22,25)(H2,23,24,26). The van der Waals surface area contributed by atoms with Crippen LogP contribution >= 0.6 is 12.2 Å². The lowest BCUT2D eigenvalue weighted by molar-refractivity contribution is -0.113. The number of amides is 1. The van der Waals surface area contributed by atoms with Gasteiger partial charge in [0.05, 0.1) is 17.3 Å². The van der Waals surface area contributed by atoms with Crippen LogP contribution in [0, 0.1) is 5.92 Å². The number of rotatable bonds is 5. The largest absolute Gasteiger partial charge is 0.355 e. The van der Waals surface area contributed by atoms with Crippen LogP contribution in [0.5, 0.6) is 0 Å². The molecule has 0 saturated heterocycles. The number of hydrogen-bond acceptors (Lipinski definition) is 2. The number of carbonyl (C=O) groups excluding carboxylic acids is 1. The van der Waals surface area contributed by atoms with Crippen LogP contribution in [0.4, 0.5) is 5.69 Å². The van der Waals surface area contributed by atoms with Crippen LogP contribution < -0.4 is 16.0 Å². The first kappa shape index (κ1) is 18.1. The number of carbonyl (C=O) groups is 1. The van der Waals surface area contributed by atoms with Crippen molar-refractivity contribution in [2.24, 2.45) is 5.92 Å². The highest BCUT2D eigenvalue weighted by atomic mass is 32.1. The van der Waals surface area contributed by atoms with Crippen molar-refractivity contribution in [1.29, 1.82) is 0 Å². The highest BCUT2D eigenvalue weighted by Crippen LogP contribution is 2.26. The SMILES string of the molecule is CC(C)CC1NC(=S)NC(c2ccccc2)=C1C(=O)Nc1ccccc1. The fourth-order valence-electron chi connectivity index (χ4n) is 3.09. The van der Waals surface area contributed by atoms with Crippen molar-refractivity contribution in [2.45, 2.75) is 26.3 Å². The lowest BCUT2D eigenvalue weighted by Gasteiger charge is -2.32. The maximum Gasteiger partial charge on any atom is 0.255 e. The molecule has 26 heavy (non-hydrogen) atoms. The zero-order valence-electron chi connectivity index (χ0n) is 15.0. The highest BCUT2D eigenvalue weighted by molar-refractivity contribution is 7.80. The third kappa shape index (κ3) is 4.29. The molecule has 0 radical (unpaired) electrons. The van der Waals surface area contributed by atoms with E-state index in [0.717, 1.165) is 23.4 Å². The van der Waals surface area contributed by atoms with Crippen molar-refractivity contribution in [3.05, 3.63) is 71.8 Å². The van der Waals surface area contributed by atoms with E-state index in [2.05, 4.69) is 29.8 Å². The Morgan fingerprint density at radius 1 is 1.08 bits per heavy atom. The lowest BCUT2D eigenvalue weighted by atomic mass is 9.91. The molecule has 1 amide bonds. The van der Waals surface area contributed by atoms with Crippen LogP contribution in [0.2, 0.25) is 0 Å². The molecule has 2 aromatic rings. The Balaban J connectivity index is 2.03. The minimum Gasteiger partial charge on any atom is -0.355 e. The Morgan fingerprint density at radius 3 is 2.31 bits per heavy atom. The maximum absolute atomic E-state index is 13.2. The molecule has 3 rings (SSSR count). The molecule has 3 N–H and O–H groups in total. The summed E-state index contributed by atoms with van der Waals surface area (Å²) in [6.07, 6.45) is 0.815. The minimum absolute atomic E-state index is 0.122. The average Bonchev–Trinajstić information content (AvgIpc) is 2.62. The van der Waals surface area contributed by atoms with Gasteiger partial charge in [-0.3, -0.25) is 4.79 Å². The first-order valence-electron chi connectivity index (χ1n) is 8.78. The maximum atomic E-state index is 13.2. The van der Waals surface area contributed by atoms with Crippen molar-refractivity contribution < 1.29 is 4.79 Å². The van der Waals surface area contributed by atoms with Crippen molar-refractivity contribution in [3.63, 3.8) is 0 Å². The van der Waals surface area contributed by atoms with E-state index in [1.165, 1.54) is 0 Å². The number of anilines is 1. The molecule has 1 aliphatic heterocycles. The van der Waals surface area contributed by atoms with Crippen LogP contribution in [-0.2, 0) is 4.79 Å². The number of hydrogen-bond donors (Lipinski definition) is 3. The molecule has 5 heteroatoms. The molecule has 1 unspecified atom stereocenters. The Morgan fingerprint density at radius 2 is 1.69 bits per heavy atom. The van der Waals surface area contributed by atoms with Gasteiger partial charge in [0.25, 0.3) is 5.91 Å². The first-order valence-corrected chi connectivity index (χ1v) is 9.19. The van der Waals surface area contributed by atoms with E-state index in [1.807, 2.05) is 60.7 Å². The second kappa shape index (κ2) is 8.15. The van der Waals surface area contributed by atoms with Gasteiger partial charge < -0.3 is 16.0 Å². The summed E-state index contributed by atoms with van der Waals surface area (Å²) >= 11 is 5.39. The van der Waals surface area contributed by atoms with Gasteiger partial charge in [0.2, 0.25) is 0 Å². The predicted octanol–water partition coefficient (Wildman–Crippen LogP) is 3.93. The highest BCUT2D eigenvalue weighted by Gasteiger charge is 2.31. The topological polar surface area (TPSA) is 53.2 Å². The molecule has 134 valence electrons. The van der Waals surface area contributed by atoms with Gasteiger partial charge in [0.15, 0.2) is 5.11 Å². The fourth-order valence-corrected chi connectivity index (χ4v) is 3.34. The van der Waals surface area contributed by atoms with Gasteiger partial charge in [-0.2, -0.15) is 0 Å². The molecule has 0 aromatic heterocycles. The molecule has 0 saturated carbocycles. The molecule has 0 spiro atoms. The third-order valence-electron chi connectivity index (χ3n) is 4.21. The van der Waals surface area contributed by atoms with Gasteiger partial charge in [0, 0.05) is 5.69 Å². The van der Waals surface area contributed by atoms with E-state index < -0.39 is 0 Å². The van der Waals surface area contributed by atoms with Gasteiger partial charge in [-0.15, -0.1) is 0 Å². The summed E-state index contributed by atoms with van der Waals surface area (Å²) in [7, 11) is 0. The summed E-state index contributed by atoms with van der Waals surface area (Å²) in [5.41, 5.74) is 3.17. The van der Waals surface area contributed by atoms with E-state index in [-0.39, 0.29) is 11.9 Å². The second-order valence-electron chi connectivity index (χ2n) is 6.76. The Kier molecular flexibility index (Phi) is 5.68. The number of para-hydroxylation sites is 1. The van der Waals surface area contributed by atoms with Crippen molar-refractivity contribution >= 4 is 34.6 Å². The van der Waals surface area contributed by atoms with E-state index in [9.17, 15) is 4.79 Å². The predicted molar refractivity (Wildman–Crippen MR) is 111 cm³/mol. The summed E-state index contributed by atoms with van der Waals surface area (Å²) in [6.45, 7) is 4.28. The van der Waals surface area contributed by atoms with E-state index in [0.29, 0.717) is 16.6 Å². The van der Waals surface area contributed by atoms with Gasteiger partial charge in [0.1, 0.15) is 0 Å². The quantitative estimate of drug-likeness (QED) is 0.703. The van der Waals surface area contributed by atoms with Gasteiger partial charge >= 0.3 is 0 Å². The second-order valence-corrected chi connectivity index (χ2v) is 7.16. The monoisotopic (exact) mass is 365 g/mol. The number of thiocarbonyl (C=S) groups is 1. The van der Waals surface area contributed by atoms with Crippen LogP contribution in [0.15, 0.2) is 66.2 Å². The lowest BCUT2D eigenvalue weighted by Crippen LogP contribution is -2.50. The van der Waals surface area contributed by atoms with E-state index in [1.54, 1.807) is 0 Å². The smallest absolute Gasteiger partial charge is 0.255 e. The van der Waals surface area contributed by atoms with Crippen LogP contribution in [-0.4, -0.2) is 17.1 Å². The summed E-state index contributed by atoms with van der Waals surface area (Å²) in [5.74, 6) is 0.299. The fraction of sp³-hybridized carbons (Fsp3) is 0.238. The molecule has 2 aromatic carbocycles. The first-order chi connectivity index (χ1) is 12.5. The minimum atomic E-state index is -0.136. The van der Waals surface area contributed by atoms with Crippen molar-refractivity contribution in [3.8, 4) is 0 Å². The zero-order valence-corrected chi connectivity index (χ0v) is 15.8. The molecule has 4 nitrogen and oxygen atoms in total. The molecule has 0 aliphatic carbocycles. The van der Waals surface area contributed by atoms with Gasteiger partial charge in [-0.1, -0.05) is 62.4 Å². The van der Waals surface area contributed by atoms with Crippen LogP contribution in [0.25, 0.3) is 5.70 Å². The average molecular weight is 366 g/mol. The van der Waals surface area contributed by atoms with E-state index in [4.69, 9.17) is 12.2 Å². The van der Waals surface area contributed by atoms with E-state index >= 15 is 0 Å². The van der Waals surface area contributed by atoms with Gasteiger partial charge in [-0.05, 0) is 42.3 Å². The molecule has 1 aliphatic rings.